The Hall–Kier alpha value is -1.50. The number of nitrogens with zero attached hydrogens (tertiary/aromatic N) is 1. The summed E-state index contributed by atoms with van der Waals surface area (Å²) in [6.07, 6.45) is -0.345. The normalized spacial score (nSPS) is 26.8. The summed E-state index contributed by atoms with van der Waals surface area (Å²) < 4.78 is 11.1. The van der Waals surface area contributed by atoms with E-state index in [1.165, 1.54) is 0 Å². The molecule has 2 aliphatic rings. The van der Waals surface area contributed by atoms with Crippen LogP contribution in [0.5, 0.6) is 5.75 Å². The minimum Gasteiger partial charge on any atom is -0.481 e. The average Bonchev–Trinajstić information content (AvgIpc) is 2.98. The molecule has 1 amide bonds. The van der Waals surface area contributed by atoms with Crippen molar-refractivity contribution >= 4 is 35.1 Å². The number of carboxylic acid groups (broad SMARTS) is 1. The number of benzene rings is 1. The van der Waals surface area contributed by atoms with Crippen LogP contribution in [0.15, 0.2) is 18.2 Å². The van der Waals surface area contributed by atoms with Gasteiger partial charge in [-0.3, -0.25) is 9.59 Å². The van der Waals surface area contributed by atoms with Crippen molar-refractivity contribution in [3.05, 3.63) is 28.2 Å². The number of carbonyl (C=O) groups excluding carboxylic acids is 1. The van der Waals surface area contributed by atoms with Gasteiger partial charge in [0.25, 0.3) is 5.91 Å². The molecule has 8 heteroatoms. The standard InChI is InChI=1S/C17H19Cl2NO5/c1-10(25-12-2-3-13(18)14(19)6-12)15(21)20-7-11-8-24-5-4-17(11,9-20)16(22)23/h2-3,6,10-11H,4-5,7-9H2,1H3,(H,22,23)/t10?,11-,17+/m0/s1. The van der Waals surface area contributed by atoms with Gasteiger partial charge in [-0.1, -0.05) is 23.2 Å². The number of fused-ring (bicyclic) bond motifs is 1. The van der Waals surface area contributed by atoms with Crippen LogP contribution in [0.25, 0.3) is 0 Å². The first-order chi connectivity index (χ1) is 11.8. The lowest BCUT2D eigenvalue weighted by Crippen LogP contribution is -2.45. The molecule has 0 spiro atoms. The Labute approximate surface area is 155 Å². The molecule has 1 N–H and O–H groups in total. The molecule has 25 heavy (non-hydrogen) atoms. The summed E-state index contributed by atoms with van der Waals surface area (Å²) in [5.74, 6) is -0.877. The number of aliphatic carboxylic acids is 1. The first kappa shape index (κ1) is 18.3. The van der Waals surface area contributed by atoms with E-state index in [-0.39, 0.29) is 18.4 Å². The Morgan fingerprint density at radius 2 is 2.16 bits per heavy atom. The maximum atomic E-state index is 12.7. The van der Waals surface area contributed by atoms with Crippen molar-refractivity contribution in [2.45, 2.75) is 19.4 Å². The Morgan fingerprint density at radius 3 is 2.80 bits per heavy atom. The lowest BCUT2D eigenvalue weighted by atomic mass is 9.74. The average molecular weight is 388 g/mol. The van der Waals surface area contributed by atoms with Crippen LogP contribution in [0, 0.1) is 11.3 Å². The first-order valence-corrected chi connectivity index (χ1v) is 8.81. The van der Waals surface area contributed by atoms with Gasteiger partial charge in [0.2, 0.25) is 0 Å². The van der Waals surface area contributed by atoms with Crippen LogP contribution in [0.1, 0.15) is 13.3 Å². The van der Waals surface area contributed by atoms with Gasteiger partial charge in [0.1, 0.15) is 5.75 Å². The monoisotopic (exact) mass is 387 g/mol. The van der Waals surface area contributed by atoms with E-state index in [1.807, 2.05) is 0 Å². The van der Waals surface area contributed by atoms with Gasteiger partial charge in [-0.25, -0.2) is 0 Å². The molecule has 1 aromatic carbocycles. The fraction of sp³-hybridized carbons (Fsp3) is 0.529. The molecule has 0 aliphatic carbocycles. The summed E-state index contributed by atoms with van der Waals surface area (Å²) in [5.41, 5.74) is -0.919. The molecule has 2 aliphatic heterocycles. The van der Waals surface area contributed by atoms with Crippen LogP contribution in [-0.2, 0) is 14.3 Å². The van der Waals surface area contributed by atoms with Crippen LogP contribution < -0.4 is 4.74 Å². The second-order valence-corrected chi connectivity index (χ2v) is 7.35. The van der Waals surface area contributed by atoms with Gasteiger partial charge in [0, 0.05) is 31.7 Å². The number of amides is 1. The number of halogens is 2. The second-order valence-electron chi connectivity index (χ2n) is 6.54. The van der Waals surface area contributed by atoms with E-state index in [0.717, 1.165) is 0 Å². The molecule has 1 aromatic rings. The van der Waals surface area contributed by atoms with Crippen LogP contribution in [0.2, 0.25) is 10.0 Å². The molecule has 0 bridgehead atoms. The van der Waals surface area contributed by atoms with Gasteiger partial charge in [-0.05, 0) is 25.5 Å². The van der Waals surface area contributed by atoms with E-state index >= 15 is 0 Å². The molecular weight excluding hydrogens is 369 g/mol. The van der Waals surface area contributed by atoms with Crippen LogP contribution in [0.3, 0.4) is 0 Å². The SMILES string of the molecule is CC(Oc1ccc(Cl)c(Cl)c1)C(=O)N1C[C@H]2COCC[C@@]2(C(=O)O)C1. The molecule has 0 aromatic heterocycles. The van der Waals surface area contributed by atoms with Crippen molar-refractivity contribution in [1.29, 1.82) is 0 Å². The highest BCUT2D eigenvalue weighted by atomic mass is 35.5. The summed E-state index contributed by atoms with van der Waals surface area (Å²) in [5, 5.41) is 10.4. The fourth-order valence-electron chi connectivity index (χ4n) is 3.53. The molecule has 2 saturated heterocycles. The van der Waals surface area contributed by atoms with Crippen LogP contribution in [-0.4, -0.2) is 54.3 Å². The summed E-state index contributed by atoms with van der Waals surface area (Å²) in [6, 6.07) is 4.77. The van der Waals surface area contributed by atoms with Gasteiger partial charge in [0.15, 0.2) is 6.10 Å². The van der Waals surface area contributed by atoms with E-state index in [9.17, 15) is 14.7 Å². The number of ether oxygens (including phenoxy) is 2. The smallest absolute Gasteiger partial charge is 0.311 e. The zero-order chi connectivity index (χ0) is 18.2. The minimum atomic E-state index is -0.919. The number of likely N-dealkylation sites (tertiary alicyclic amines) is 1. The zero-order valence-corrected chi connectivity index (χ0v) is 15.2. The van der Waals surface area contributed by atoms with Crippen molar-refractivity contribution in [2.75, 3.05) is 26.3 Å². The predicted molar refractivity (Wildman–Crippen MR) is 92.1 cm³/mol. The van der Waals surface area contributed by atoms with E-state index in [1.54, 1.807) is 30.0 Å². The maximum absolute atomic E-state index is 12.7. The Kier molecular flexibility index (Phi) is 5.14. The highest BCUT2D eigenvalue weighted by Crippen LogP contribution is 2.42. The zero-order valence-electron chi connectivity index (χ0n) is 13.7. The van der Waals surface area contributed by atoms with Gasteiger partial charge < -0.3 is 19.5 Å². The van der Waals surface area contributed by atoms with Crippen molar-refractivity contribution in [3.8, 4) is 5.75 Å². The molecule has 2 fully saturated rings. The van der Waals surface area contributed by atoms with Gasteiger partial charge in [-0.2, -0.15) is 0 Å². The van der Waals surface area contributed by atoms with Crippen molar-refractivity contribution in [2.24, 2.45) is 11.3 Å². The number of hydrogen-bond donors (Lipinski definition) is 1. The lowest BCUT2D eigenvalue weighted by molar-refractivity contribution is -0.157. The van der Waals surface area contributed by atoms with Crippen LogP contribution in [0.4, 0.5) is 0 Å². The number of hydrogen-bond acceptors (Lipinski definition) is 4. The van der Waals surface area contributed by atoms with Gasteiger partial charge >= 0.3 is 5.97 Å². The van der Waals surface area contributed by atoms with Crippen LogP contribution >= 0.6 is 23.2 Å². The van der Waals surface area contributed by atoms with Gasteiger partial charge in [0.05, 0.1) is 22.1 Å². The quantitative estimate of drug-likeness (QED) is 0.859. The third-order valence-corrected chi connectivity index (χ3v) is 5.74. The van der Waals surface area contributed by atoms with E-state index < -0.39 is 17.5 Å². The predicted octanol–water partition coefficient (Wildman–Crippen LogP) is 2.71. The second kappa shape index (κ2) is 7.02. The topological polar surface area (TPSA) is 76.1 Å². The summed E-state index contributed by atoms with van der Waals surface area (Å²) in [6.45, 7) is 2.94. The number of rotatable bonds is 4. The molecule has 2 heterocycles. The fourth-order valence-corrected chi connectivity index (χ4v) is 3.82. The minimum absolute atomic E-state index is 0.185. The van der Waals surface area contributed by atoms with E-state index in [0.29, 0.717) is 42.0 Å². The molecule has 1 unspecified atom stereocenters. The third kappa shape index (κ3) is 3.43. The molecule has 3 atom stereocenters. The summed E-state index contributed by atoms with van der Waals surface area (Å²) in [4.78, 5) is 26.1. The number of carbonyl (C=O) groups is 2. The van der Waals surface area contributed by atoms with E-state index in [4.69, 9.17) is 32.7 Å². The molecular formula is C17H19Cl2NO5. The maximum Gasteiger partial charge on any atom is 0.311 e. The Balaban J connectivity index is 1.70. The lowest BCUT2D eigenvalue weighted by Gasteiger charge is -2.33. The highest BCUT2D eigenvalue weighted by molar-refractivity contribution is 6.42. The van der Waals surface area contributed by atoms with Crippen molar-refractivity contribution in [3.63, 3.8) is 0 Å². The van der Waals surface area contributed by atoms with Crippen molar-refractivity contribution in [1.82, 2.24) is 4.90 Å². The van der Waals surface area contributed by atoms with Crippen molar-refractivity contribution < 1.29 is 24.2 Å². The highest BCUT2D eigenvalue weighted by Gasteiger charge is 2.55. The molecule has 0 radical (unpaired) electrons. The molecule has 0 saturated carbocycles. The Morgan fingerprint density at radius 1 is 1.40 bits per heavy atom. The largest absolute Gasteiger partial charge is 0.481 e. The van der Waals surface area contributed by atoms with Gasteiger partial charge in [-0.15, -0.1) is 0 Å². The first-order valence-electron chi connectivity index (χ1n) is 8.05. The molecule has 6 nitrogen and oxygen atoms in total. The molecule has 136 valence electrons. The summed E-state index contributed by atoms with van der Waals surface area (Å²) >= 11 is 11.8. The molecule has 3 rings (SSSR count). The van der Waals surface area contributed by atoms with E-state index in [2.05, 4.69) is 0 Å². The summed E-state index contributed by atoms with van der Waals surface area (Å²) in [7, 11) is 0. The number of carboxylic acids is 1. The third-order valence-electron chi connectivity index (χ3n) is 5.00. The Bertz CT molecular complexity index is 698.